The molecule has 0 saturated heterocycles. The van der Waals surface area contributed by atoms with Crippen LogP contribution in [-0.4, -0.2) is 28.7 Å². The standard InChI is InChI=1S/C19H21N2.HI/c1-4-19(2)20-17(15-11-7-5-8-12-15)18(21(19)3)16-13-9-6-10-14-16;/h5-14H,4H2,1-3H3;1H/q+1;/p-1. The van der Waals surface area contributed by atoms with E-state index >= 15 is 0 Å². The molecule has 1 unspecified atom stereocenters. The molecule has 1 heterocycles. The lowest BCUT2D eigenvalue weighted by atomic mass is 10.00. The summed E-state index contributed by atoms with van der Waals surface area (Å²) in [5.74, 6) is 0. The second kappa shape index (κ2) is 6.73. The van der Waals surface area contributed by atoms with Gasteiger partial charge >= 0.3 is 0 Å². The third-order valence-electron chi connectivity index (χ3n) is 4.40. The van der Waals surface area contributed by atoms with Crippen LogP contribution >= 0.6 is 0 Å². The molecule has 2 aromatic carbocycles. The molecule has 0 spiro atoms. The Bertz CT molecular complexity index is 705. The second-order valence-corrected chi connectivity index (χ2v) is 5.67. The van der Waals surface area contributed by atoms with Gasteiger partial charge in [-0.15, -0.1) is 0 Å². The molecule has 1 aliphatic rings. The molecular weight excluding hydrogens is 383 g/mol. The van der Waals surface area contributed by atoms with Gasteiger partial charge in [-0.2, -0.15) is 0 Å². The second-order valence-electron chi connectivity index (χ2n) is 5.67. The van der Waals surface area contributed by atoms with E-state index in [0.717, 1.165) is 12.1 Å². The molecular formula is C19H21IN2. The lowest BCUT2D eigenvalue weighted by Crippen LogP contribution is -3.00. The number of halogens is 1. The van der Waals surface area contributed by atoms with Gasteiger partial charge in [0.25, 0.3) is 5.66 Å². The first-order valence-corrected chi connectivity index (χ1v) is 7.47. The van der Waals surface area contributed by atoms with Crippen LogP contribution in [0.15, 0.2) is 65.7 Å². The number of hydrogen-bond acceptors (Lipinski definition) is 1. The molecule has 0 saturated carbocycles. The van der Waals surface area contributed by atoms with E-state index in [0.29, 0.717) is 0 Å². The van der Waals surface area contributed by atoms with E-state index < -0.39 is 0 Å². The Balaban J connectivity index is 0.00000176. The minimum absolute atomic E-state index is 0. The van der Waals surface area contributed by atoms with Crippen molar-refractivity contribution in [1.29, 1.82) is 0 Å². The van der Waals surface area contributed by atoms with Gasteiger partial charge in [-0.1, -0.05) is 55.5 Å². The van der Waals surface area contributed by atoms with Crippen LogP contribution in [0.2, 0.25) is 0 Å². The maximum absolute atomic E-state index is 5.05. The highest BCUT2D eigenvalue weighted by Gasteiger charge is 2.42. The summed E-state index contributed by atoms with van der Waals surface area (Å²) in [5.41, 5.74) is 4.54. The summed E-state index contributed by atoms with van der Waals surface area (Å²) < 4.78 is 2.31. The Hall–Kier alpha value is -1.49. The van der Waals surface area contributed by atoms with Crippen molar-refractivity contribution in [2.75, 3.05) is 7.05 Å². The maximum atomic E-state index is 5.05. The number of rotatable bonds is 3. The molecule has 0 amide bonds. The molecule has 0 bridgehead atoms. The molecule has 22 heavy (non-hydrogen) atoms. The fourth-order valence-corrected chi connectivity index (χ4v) is 2.81. The summed E-state index contributed by atoms with van der Waals surface area (Å²) in [5, 5.41) is 0. The molecule has 0 aromatic heterocycles. The van der Waals surface area contributed by atoms with Crippen molar-refractivity contribution in [3.63, 3.8) is 0 Å². The first-order valence-electron chi connectivity index (χ1n) is 7.47. The normalized spacial score (nSPS) is 20.6. The minimum Gasteiger partial charge on any atom is -1.00 e. The Kier molecular flexibility index (Phi) is 5.16. The number of aliphatic imine (C=N–C) groups is 1. The van der Waals surface area contributed by atoms with Crippen molar-refractivity contribution in [3.05, 3.63) is 71.8 Å². The molecule has 3 heteroatoms. The average molecular weight is 404 g/mol. The molecule has 0 radical (unpaired) electrons. The van der Waals surface area contributed by atoms with E-state index in [-0.39, 0.29) is 29.6 Å². The van der Waals surface area contributed by atoms with Gasteiger partial charge in [-0.05, 0) is 12.1 Å². The van der Waals surface area contributed by atoms with Gasteiger partial charge in [0, 0.05) is 24.5 Å². The predicted octanol–water partition coefficient (Wildman–Crippen LogP) is 0.751. The lowest BCUT2D eigenvalue weighted by Gasteiger charge is -2.14. The smallest absolute Gasteiger partial charge is 0.253 e. The summed E-state index contributed by atoms with van der Waals surface area (Å²) >= 11 is 0. The molecule has 3 rings (SSSR count). The fourth-order valence-electron chi connectivity index (χ4n) is 2.81. The van der Waals surface area contributed by atoms with Crippen LogP contribution in [0.4, 0.5) is 0 Å². The van der Waals surface area contributed by atoms with E-state index in [9.17, 15) is 0 Å². The largest absolute Gasteiger partial charge is 1.00 e. The van der Waals surface area contributed by atoms with Gasteiger partial charge in [-0.3, -0.25) is 0 Å². The summed E-state index contributed by atoms with van der Waals surface area (Å²) in [6, 6.07) is 21.0. The molecule has 1 atom stereocenters. The Morgan fingerprint density at radius 3 is 1.91 bits per heavy atom. The molecule has 1 aliphatic heterocycles. The van der Waals surface area contributed by atoms with Crippen LogP contribution in [0.5, 0.6) is 0 Å². The highest BCUT2D eigenvalue weighted by Crippen LogP contribution is 2.26. The zero-order valence-corrected chi connectivity index (χ0v) is 15.4. The lowest BCUT2D eigenvalue weighted by molar-refractivity contribution is -0.572. The van der Waals surface area contributed by atoms with Crippen LogP contribution in [-0.2, 0) is 0 Å². The van der Waals surface area contributed by atoms with Crippen molar-refractivity contribution in [1.82, 2.24) is 0 Å². The van der Waals surface area contributed by atoms with Crippen LogP contribution in [0.1, 0.15) is 31.4 Å². The first kappa shape index (κ1) is 16.9. The van der Waals surface area contributed by atoms with Crippen molar-refractivity contribution in [2.45, 2.75) is 25.9 Å². The fraction of sp³-hybridized carbons (Fsp3) is 0.263. The Morgan fingerprint density at radius 1 is 0.909 bits per heavy atom. The molecule has 0 N–H and O–H groups in total. The number of nitrogens with zero attached hydrogens (tertiary/aromatic N) is 2. The summed E-state index contributed by atoms with van der Waals surface area (Å²) in [6.45, 7) is 4.39. The van der Waals surface area contributed by atoms with E-state index in [1.165, 1.54) is 16.8 Å². The van der Waals surface area contributed by atoms with Crippen LogP contribution in [0, 0.1) is 0 Å². The highest BCUT2D eigenvalue weighted by molar-refractivity contribution is 6.52. The van der Waals surface area contributed by atoms with E-state index in [4.69, 9.17) is 4.99 Å². The highest BCUT2D eigenvalue weighted by atomic mass is 127. The quantitative estimate of drug-likeness (QED) is 0.530. The van der Waals surface area contributed by atoms with Gasteiger partial charge in [0.2, 0.25) is 5.71 Å². The molecule has 0 aliphatic carbocycles. The number of benzene rings is 2. The van der Waals surface area contributed by atoms with Gasteiger partial charge in [0.1, 0.15) is 12.8 Å². The predicted molar refractivity (Wildman–Crippen MR) is 88.4 cm³/mol. The van der Waals surface area contributed by atoms with E-state index in [1.807, 2.05) is 6.07 Å². The first-order chi connectivity index (χ1) is 10.2. The number of hydrogen-bond donors (Lipinski definition) is 0. The Morgan fingerprint density at radius 2 is 1.41 bits per heavy atom. The van der Waals surface area contributed by atoms with Crippen molar-refractivity contribution >= 4 is 11.4 Å². The average Bonchev–Trinajstić information content (AvgIpc) is 2.82. The third kappa shape index (κ3) is 2.86. The van der Waals surface area contributed by atoms with Crippen LogP contribution in [0.3, 0.4) is 0 Å². The summed E-state index contributed by atoms with van der Waals surface area (Å²) in [7, 11) is 2.14. The monoisotopic (exact) mass is 404 g/mol. The van der Waals surface area contributed by atoms with E-state index in [1.54, 1.807) is 0 Å². The zero-order valence-electron chi connectivity index (χ0n) is 13.3. The molecule has 2 nitrogen and oxygen atoms in total. The third-order valence-corrected chi connectivity index (χ3v) is 4.40. The van der Waals surface area contributed by atoms with Gasteiger partial charge in [0.15, 0.2) is 0 Å². The molecule has 114 valence electrons. The summed E-state index contributed by atoms with van der Waals surface area (Å²) in [6.07, 6.45) is 0.982. The SMILES string of the molecule is CCC1(C)N=C(c2ccccc2)C(c2ccccc2)=[N+]1C.[I-]. The summed E-state index contributed by atoms with van der Waals surface area (Å²) in [4.78, 5) is 5.05. The minimum atomic E-state index is -0.170. The van der Waals surface area contributed by atoms with Gasteiger partial charge in [0.05, 0.1) is 0 Å². The molecule has 0 fully saturated rings. The van der Waals surface area contributed by atoms with Crippen molar-refractivity contribution in [3.8, 4) is 0 Å². The zero-order chi connectivity index (χ0) is 14.9. The molecule has 2 aromatic rings. The Labute approximate surface area is 149 Å². The van der Waals surface area contributed by atoms with Crippen LogP contribution < -0.4 is 24.0 Å². The van der Waals surface area contributed by atoms with Gasteiger partial charge < -0.3 is 24.0 Å². The van der Waals surface area contributed by atoms with Gasteiger partial charge in [-0.25, -0.2) is 9.57 Å². The van der Waals surface area contributed by atoms with Crippen molar-refractivity contribution < 1.29 is 28.6 Å². The van der Waals surface area contributed by atoms with Crippen LogP contribution in [0.25, 0.3) is 0 Å². The maximum Gasteiger partial charge on any atom is 0.253 e. The van der Waals surface area contributed by atoms with E-state index in [2.05, 4.69) is 80.1 Å². The topological polar surface area (TPSA) is 15.4 Å². The van der Waals surface area contributed by atoms with Crippen molar-refractivity contribution in [2.24, 2.45) is 4.99 Å².